The van der Waals surface area contributed by atoms with Gasteiger partial charge < -0.3 is 4.74 Å². The van der Waals surface area contributed by atoms with Crippen molar-refractivity contribution in [2.45, 2.75) is 31.5 Å². The molecule has 0 unspecified atom stereocenters. The second-order valence-corrected chi connectivity index (χ2v) is 6.48. The summed E-state index contributed by atoms with van der Waals surface area (Å²) >= 11 is 0. The molecule has 4 nitrogen and oxygen atoms in total. The number of Topliss-reactive ketones (excluding diaryl/α,β-unsaturated/α-hetero) is 1. The minimum absolute atomic E-state index is 0.000226. The van der Waals surface area contributed by atoms with E-state index in [1.807, 2.05) is 30.3 Å². The number of carbonyl (C=O) groups excluding carboxylic acids is 1. The van der Waals surface area contributed by atoms with Crippen molar-refractivity contribution in [3.8, 4) is 0 Å². The van der Waals surface area contributed by atoms with Crippen LogP contribution in [0.1, 0.15) is 34.7 Å². The molecule has 1 aliphatic rings. The van der Waals surface area contributed by atoms with Gasteiger partial charge in [-0.3, -0.25) is 14.8 Å². The molecule has 0 saturated heterocycles. The highest BCUT2D eigenvalue weighted by atomic mass is 19.4. The Labute approximate surface area is 155 Å². The Balaban J connectivity index is 1.68. The molecule has 1 aromatic carbocycles. The van der Waals surface area contributed by atoms with Crippen molar-refractivity contribution in [2.24, 2.45) is 4.99 Å². The van der Waals surface area contributed by atoms with Crippen LogP contribution in [0.4, 0.5) is 13.2 Å². The largest absolute Gasteiger partial charge is 0.433 e. The van der Waals surface area contributed by atoms with E-state index in [9.17, 15) is 18.0 Å². The Hall–Kier alpha value is -2.54. The van der Waals surface area contributed by atoms with E-state index in [-0.39, 0.29) is 36.7 Å². The second kappa shape index (κ2) is 8.00. The van der Waals surface area contributed by atoms with Gasteiger partial charge in [-0.15, -0.1) is 0 Å². The number of hydrogen-bond acceptors (Lipinski definition) is 4. The van der Waals surface area contributed by atoms with Crippen LogP contribution in [0.5, 0.6) is 0 Å². The van der Waals surface area contributed by atoms with Crippen LogP contribution in [0.3, 0.4) is 0 Å². The molecule has 27 heavy (non-hydrogen) atoms. The molecular weight excluding hydrogens is 357 g/mol. The zero-order valence-electron chi connectivity index (χ0n) is 14.8. The molecule has 0 radical (unpaired) electrons. The third kappa shape index (κ3) is 4.60. The van der Waals surface area contributed by atoms with E-state index < -0.39 is 11.9 Å². The number of methoxy groups -OCH3 is 1. The average molecular weight is 376 g/mol. The summed E-state index contributed by atoms with van der Waals surface area (Å²) < 4.78 is 43.9. The zero-order valence-corrected chi connectivity index (χ0v) is 14.8. The maximum Gasteiger partial charge on any atom is 0.433 e. The molecule has 0 bridgehead atoms. The quantitative estimate of drug-likeness (QED) is 0.737. The van der Waals surface area contributed by atoms with Crippen LogP contribution in [0, 0.1) is 0 Å². The van der Waals surface area contributed by atoms with E-state index in [0.717, 1.165) is 5.56 Å². The minimum atomic E-state index is -4.49. The number of alkyl halides is 3. The van der Waals surface area contributed by atoms with Crippen molar-refractivity contribution >= 4 is 11.5 Å². The molecule has 0 spiro atoms. The lowest BCUT2D eigenvalue weighted by Crippen LogP contribution is -2.22. The van der Waals surface area contributed by atoms with Gasteiger partial charge in [-0.25, -0.2) is 0 Å². The van der Waals surface area contributed by atoms with E-state index in [4.69, 9.17) is 4.74 Å². The number of halogens is 3. The van der Waals surface area contributed by atoms with E-state index in [1.54, 1.807) is 13.2 Å². The number of aromatic nitrogens is 1. The van der Waals surface area contributed by atoms with Gasteiger partial charge >= 0.3 is 6.18 Å². The molecule has 1 aromatic heterocycles. The lowest BCUT2D eigenvalue weighted by molar-refractivity contribution is -0.119. The SMILES string of the molecule is COC[C@@H](CC(=O)Cc1cc2c(cn1)C(C(F)(F)F)=NC2)c1ccccc1. The van der Waals surface area contributed by atoms with Crippen molar-refractivity contribution in [2.75, 3.05) is 13.7 Å². The maximum absolute atomic E-state index is 12.9. The lowest BCUT2D eigenvalue weighted by atomic mass is 9.93. The smallest absolute Gasteiger partial charge is 0.384 e. The second-order valence-electron chi connectivity index (χ2n) is 6.48. The molecule has 0 fully saturated rings. The maximum atomic E-state index is 12.9. The topological polar surface area (TPSA) is 51.5 Å². The fourth-order valence-electron chi connectivity index (χ4n) is 3.23. The van der Waals surface area contributed by atoms with Gasteiger partial charge in [0, 0.05) is 43.3 Å². The molecule has 1 atom stereocenters. The first-order valence-electron chi connectivity index (χ1n) is 8.54. The summed E-state index contributed by atoms with van der Waals surface area (Å²) in [5.41, 5.74) is 1.03. The zero-order chi connectivity index (χ0) is 19.4. The van der Waals surface area contributed by atoms with Crippen molar-refractivity contribution in [3.63, 3.8) is 0 Å². The first kappa shape index (κ1) is 19.2. The Morgan fingerprint density at radius 2 is 2.00 bits per heavy atom. The average Bonchev–Trinajstić information content (AvgIpc) is 3.05. The number of fused-ring (bicyclic) bond motifs is 1. The molecule has 0 N–H and O–H groups in total. The molecule has 142 valence electrons. The number of pyridine rings is 1. The van der Waals surface area contributed by atoms with Crippen molar-refractivity contribution in [3.05, 3.63) is 65.0 Å². The predicted molar refractivity (Wildman–Crippen MR) is 94.9 cm³/mol. The molecule has 3 rings (SSSR count). The van der Waals surface area contributed by atoms with Crippen molar-refractivity contribution in [1.29, 1.82) is 0 Å². The van der Waals surface area contributed by atoms with Crippen molar-refractivity contribution in [1.82, 2.24) is 4.98 Å². The molecular formula is C20H19F3N2O2. The summed E-state index contributed by atoms with van der Waals surface area (Å²) in [5.74, 6) is -0.110. The third-order valence-electron chi connectivity index (χ3n) is 4.47. The summed E-state index contributed by atoms with van der Waals surface area (Å²) in [6, 6.07) is 11.1. The first-order valence-corrected chi connectivity index (χ1v) is 8.54. The number of aliphatic imine (C=N–C) groups is 1. The van der Waals surface area contributed by atoms with Crippen LogP contribution in [0.25, 0.3) is 0 Å². The molecule has 1 aliphatic heterocycles. The Morgan fingerprint density at radius 3 is 2.67 bits per heavy atom. The number of ether oxygens (including phenoxy) is 1. The molecule has 0 saturated carbocycles. The fourth-order valence-corrected chi connectivity index (χ4v) is 3.23. The van der Waals surface area contributed by atoms with Gasteiger partial charge in [0.2, 0.25) is 0 Å². The number of carbonyl (C=O) groups is 1. The van der Waals surface area contributed by atoms with E-state index in [2.05, 4.69) is 9.98 Å². The summed E-state index contributed by atoms with van der Waals surface area (Å²) in [7, 11) is 1.58. The predicted octanol–water partition coefficient (Wildman–Crippen LogP) is 3.88. The van der Waals surface area contributed by atoms with E-state index in [1.165, 1.54) is 6.20 Å². The Bertz CT molecular complexity index is 848. The number of benzene rings is 1. The normalized spacial score (nSPS) is 14.6. The minimum Gasteiger partial charge on any atom is -0.384 e. The molecule has 2 aromatic rings. The van der Waals surface area contributed by atoms with Crippen molar-refractivity contribution < 1.29 is 22.7 Å². The van der Waals surface area contributed by atoms with Gasteiger partial charge in [0.1, 0.15) is 11.5 Å². The van der Waals surface area contributed by atoms with Crippen LogP contribution in [0.2, 0.25) is 0 Å². The Kier molecular flexibility index (Phi) is 5.70. The molecule has 7 heteroatoms. The molecule has 2 heterocycles. The number of nitrogens with zero attached hydrogens (tertiary/aromatic N) is 2. The monoisotopic (exact) mass is 376 g/mol. The van der Waals surface area contributed by atoms with Crippen LogP contribution >= 0.6 is 0 Å². The summed E-state index contributed by atoms with van der Waals surface area (Å²) in [4.78, 5) is 20.1. The Morgan fingerprint density at radius 1 is 1.26 bits per heavy atom. The summed E-state index contributed by atoms with van der Waals surface area (Å²) in [6.07, 6.45) is -2.98. The molecule has 0 amide bonds. The van der Waals surface area contributed by atoms with Gasteiger partial charge in [-0.1, -0.05) is 30.3 Å². The summed E-state index contributed by atoms with van der Waals surface area (Å²) in [5, 5.41) is 0. The van der Waals surface area contributed by atoms with E-state index in [0.29, 0.717) is 17.9 Å². The molecule has 0 aliphatic carbocycles. The third-order valence-corrected chi connectivity index (χ3v) is 4.47. The van der Waals surface area contributed by atoms with Gasteiger partial charge in [-0.2, -0.15) is 13.2 Å². The van der Waals surface area contributed by atoms with Crippen LogP contribution < -0.4 is 0 Å². The summed E-state index contributed by atoms with van der Waals surface area (Å²) in [6.45, 7) is 0.375. The standard InChI is InChI=1S/C20H19F3N2O2/c1-27-12-15(13-5-3-2-4-6-13)8-17(26)9-16-7-14-10-25-19(20(21,22)23)18(14)11-24-16/h2-7,11,15H,8-10,12H2,1H3/t15-/m1/s1. The van der Waals surface area contributed by atoms with E-state index >= 15 is 0 Å². The highest BCUT2D eigenvalue weighted by molar-refractivity contribution is 6.07. The number of rotatable bonds is 7. The van der Waals surface area contributed by atoms with Gasteiger partial charge in [-0.05, 0) is 17.2 Å². The van der Waals surface area contributed by atoms with Crippen LogP contribution in [-0.4, -0.2) is 36.4 Å². The van der Waals surface area contributed by atoms with Crippen LogP contribution in [0.15, 0.2) is 47.6 Å². The van der Waals surface area contributed by atoms with Crippen LogP contribution in [-0.2, 0) is 22.5 Å². The number of hydrogen-bond donors (Lipinski definition) is 0. The first-order chi connectivity index (χ1) is 12.9. The fraction of sp³-hybridized carbons (Fsp3) is 0.350. The highest BCUT2D eigenvalue weighted by Crippen LogP contribution is 2.30. The highest BCUT2D eigenvalue weighted by Gasteiger charge is 2.40. The number of ketones is 1. The van der Waals surface area contributed by atoms with Gasteiger partial charge in [0.05, 0.1) is 13.2 Å². The van der Waals surface area contributed by atoms with Gasteiger partial charge in [0.15, 0.2) is 0 Å². The van der Waals surface area contributed by atoms with Gasteiger partial charge in [0.25, 0.3) is 0 Å². The lowest BCUT2D eigenvalue weighted by Gasteiger charge is -2.16.